The van der Waals surface area contributed by atoms with E-state index in [2.05, 4.69) is 10.3 Å². The molecule has 1 aromatic carbocycles. The molecule has 134 valence electrons. The van der Waals surface area contributed by atoms with Crippen LogP contribution in [0.4, 0.5) is 23.4 Å². The SMILES string of the molecule is CC(Nc1[nH]c(=O)[nH]c(=O)c1C(=N)CF)c1ccc(C(F)(F)F)cc1. The van der Waals surface area contributed by atoms with Crippen LogP contribution < -0.4 is 16.6 Å². The van der Waals surface area contributed by atoms with Crippen molar-refractivity contribution in [3.63, 3.8) is 0 Å². The van der Waals surface area contributed by atoms with E-state index < -0.39 is 41.4 Å². The number of hydrogen-bond donors (Lipinski definition) is 4. The highest BCUT2D eigenvalue weighted by atomic mass is 19.4. The second-order valence-electron chi connectivity index (χ2n) is 5.26. The number of H-pyrrole nitrogens is 2. The minimum absolute atomic E-state index is 0.177. The lowest BCUT2D eigenvalue weighted by Crippen LogP contribution is -2.31. The molecule has 0 saturated heterocycles. The molecule has 0 saturated carbocycles. The number of hydrogen-bond acceptors (Lipinski definition) is 4. The van der Waals surface area contributed by atoms with Crippen molar-refractivity contribution in [3.05, 3.63) is 61.8 Å². The van der Waals surface area contributed by atoms with Crippen molar-refractivity contribution in [1.29, 1.82) is 5.41 Å². The summed E-state index contributed by atoms with van der Waals surface area (Å²) in [5.74, 6) is -0.177. The van der Waals surface area contributed by atoms with Crippen LogP contribution in [0.25, 0.3) is 0 Å². The Morgan fingerprint density at radius 3 is 2.32 bits per heavy atom. The molecule has 0 spiro atoms. The largest absolute Gasteiger partial charge is 0.416 e. The number of rotatable bonds is 5. The lowest BCUT2D eigenvalue weighted by molar-refractivity contribution is -0.137. The molecule has 0 radical (unpaired) electrons. The summed E-state index contributed by atoms with van der Waals surface area (Å²) in [7, 11) is 0. The number of halogens is 4. The summed E-state index contributed by atoms with van der Waals surface area (Å²) in [6.07, 6.45) is -4.46. The summed E-state index contributed by atoms with van der Waals surface area (Å²) in [4.78, 5) is 27.3. The van der Waals surface area contributed by atoms with Crippen LogP contribution in [-0.4, -0.2) is 22.4 Å². The zero-order valence-corrected chi connectivity index (χ0v) is 12.9. The van der Waals surface area contributed by atoms with E-state index in [1.807, 2.05) is 4.98 Å². The second-order valence-corrected chi connectivity index (χ2v) is 5.26. The maximum atomic E-state index is 12.7. The van der Waals surface area contributed by atoms with Crippen LogP contribution in [-0.2, 0) is 6.18 Å². The van der Waals surface area contributed by atoms with Crippen molar-refractivity contribution in [1.82, 2.24) is 9.97 Å². The molecule has 0 aliphatic rings. The van der Waals surface area contributed by atoms with Gasteiger partial charge in [0.15, 0.2) is 0 Å². The van der Waals surface area contributed by atoms with Crippen LogP contribution in [0.15, 0.2) is 33.9 Å². The topological polar surface area (TPSA) is 102 Å². The molecule has 0 amide bonds. The van der Waals surface area contributed by atoms with E-state index in [-0.39, 0.29) is 11.4 Å². The summed E-state index contributed by atoms with van der Waals surface area (Å²) in [5, 5.41) is 10.2. The molecule has 4 N–H and O–H groups in total. The Morgan fingerprint density at radius 1 is 1.20 bits per heavy atom. The van der Waals surface area contributed by atoms with E-state index in [0.29, 0.717) is 5.56 Å². The van der Waals surface area contributed by atoms with Gasteiger partial charge in [-0.05, 0) is 24.6 Å². The number of aromatic amines is 2. The Balaban J connectivity index is 2.35. The Morgan fingerprint density at radius 2 is 1.80 bits per heavy atom. The zero-order chi connectivity index (χ0) is 18.8. The first kappa shape index (κ1) is 18.4. The number of nitrogens with one attached hydrogen (secondary N) is 4. The van der Waals surface area contributed by atoms with Gasteiger partial charge in [-0.15, -0.1) is 0 Å². The first-order chi connectivity index (χ1) is 11.6. The van der Waals surface area contributed by atoms with Crippen molar-refractivity contribution in [2.45, 2.75) is 19.1 Å². The number of anilines is 1. The van der Waals surface area contributed by atoms with Gasteiger partial charge in [0, 0.05) is 6.04 Å². The fourth-order valence-corrected chi connectivity index (χ4v) is 2.21. The minimum Gasteiger partial charge on any atom is -0.364 e. The standard InChI is InChI=1S/C15H14F4N4O2/c1-7(8-2-4-9(5-3-8)15(17,18)19)21-12-11(10(20)6-16)13(24)23-14(25)22-12/h2-5,7,20H,6H2,1H3,(H3,21,22,23,24,25). The molecule has 1 heterocycles. The average molecular weight is 358 g/mol. The third-order valence-electron chi connectivity index (χ3n) is 3.48. The lowest BCUT2D eigenvalue weighted by atomic mass is 10.1. The Labute approximate surface area is 138 Å². The normalized spacial score (nSPS) is 12.7. The molecular weight excluding hydrogens is 344 g/mol. The Hall–Kier alpha value is -2.91. The van der Waals surface area contributed by atoms with Crippen molar-refractivity contribution < 1.29 is 17.6 Å². The molecule has 1 atom stereocenters. The molecule has 0 bridgehead atoms. The molecule has 0 aliphatic carbocycles. The van der Waals surface area contributed by atoms with Gasteiger partial charge in [0.25, 0.3) is 5.56 Å². The maximum Gasteiger partial charge on any atom is 0.416 e. The van der Waals surface area contributed by atoms with Gasteiger partial charge in [0.2, 0.25) is 0 Å². The first-order valence-corrected chi connectivity index (χ1v) is 7.07. The summed E-state index contributed by atoms with van der Waals surface area (Å²) < 4.78 is 50.5. The van der Waals surface area contributed by atoms with Gasteiger partial charge in [-0.1, -0.05) is 12.1 Å². The minimum atomic E-state index is -4.46. The smallest absolute Gasteiger partial charge is 0.364 e. The zero-order valence-electron chi connectivity index (χ0n) is 12.9. The molecule has 0 fully saturated rings. The van der Waals surface area contributed by atoms with Crippen molar-refractivity contribution >= 4 is 11.5 Å². The molecule has 0 aliphatic heterocycles. The van der Waals surface area contributed by atoms with Gasteiger partial charge in [0.1, 0.15) is 18.1 Å². The fourth-order valence-electron chi connectivity index (χ4n) is 2.21. The summed E-state index contributed by atoms with van der Waals surface area (Å²) in [6.45, 7) is 0.351. The van der Waals surface area contributed by atoms with Gasteiger partial charge >= 0.3 is 11.9 Å². The molecule has 2 rings (SSSR count). The lowest BCUT2D eigenvalue weighted by Gasteiger charge is -2.18. The van der Waals surface area contributed by atoms with E-state index >= 15 is 0 Å². The van der Waals surface area contributed by atoms with Crippen LogP contribution in [0.3, 0.4) is 0 Å². The van der Waals surface area contributed by atoms with E-state index in [1.165, 1.54) is 12.1 Å². The van der Waals surface area contributed by atoms with Crippen molar-refractivity contribution in [2.75, 3.05) is 12.0 Å². The van der Waals surface area contributed by atoms with Crippen LogP contribution >= 0.6 is 0 Å². The molecule has 6 nitrogen and oxygen atoms in total. The van der Waals surface area contributed by atoms with Crippen LogP contribution in [0.1, 0.15) is 29.7 Å². The van der Waals surface area contributed by atoms with Crippen LogP contribution in [0.5, 0.6) is 0 Å². The monoisotopic (exact) mass is 358 g/mol. The van der Waals surface area contributed by atoms with E-state index in [0.717, 1.165) is 12.1 Å². The third kappa shape index (κ3) is 4.14. The van der Waals surface area contributed by atoms with Crippen LogP contribution in [0.2, 0.25) is 0 Å². The van der Waals surface area contributed by atoms with E-state index in [9.17, 15) is 27.2 Å². The van der Waals surface area contributed by atoms with E-state index in [4.69, 9.17) is 5.41 Å². The third-order valence-corrected chi connectivity index (χ3v) is 3.48. The fraction of sp³-hybridized carbons (Fsp3) is 0.267. The summed E-state index contributed by atoms with van der Waals surface area (Å²) in [6, 6.07) is 3.67. The molecule has 25 heavy (non-hydrogen) atoms. The molecule has 1 aromatic heterocycles. The molecule has 10 heteroatoms. The highest BCUT2D eigenvalue weighted by molar-refractivity contribution is 6.02. The van der Waals surface area contributed by atoms with E-state index in [1.54, 1.807) is 6.92 Å². The van der Waals surface area contributed by atoms with Gasteiger partial charge in [-0.3, -0.25) is 14.8 Å². The quantitative estimate of drug-likeness (QED) is 0.488. The Kier molecular flexibility index (Phi) is 5.10. The molecular formula is C15H14F4N4O2. The van der Waals surface area contributed by atoms with Crippen molar-refractivity contribution in [3.8, 4) is 0 Å². The van der Waals surface area contributed by atoms with Gasteiger partial charge in [0.05, 0.1) is 11.3 Å². The van der Waals surface area contributed by atoms with Crippen molar-refractivity contribution in [2.24, 2.45) is 0 Å². The summed E-state index contributed by atoms with van der Waals surface area (Å²) in [5.41, 5.74) is -3.18. The molecule has 1 unspecified atom stereocenters. The maximum absolute atomic E-state index is 12.7. The number of alkyl halides is 4. The summed E-state index contributed by atoms with van der Waals surface area (Å²) >= 11 is 0. The number of benzene rings is 1. The van der Waals surface area contributed by atoms with Gasteiger partial charge < -0.3 is 10.7 Å². The first-order valence-electron chi connectivity index (χ1n) is 7.07. The highest BCUT2D eigenvalue weighted by Gasteiger charge is 2.30. The van der Waals surface area contributed by atoms with Crippen LogP contribution in [0, 0.1) is 5.41 Å². The number of aromatic nitrogens is 2. The highest BCUT2D eigenvalue weighted by Crippen LogP contribution is 2.30. The second kappa shape index (κ2) is 6.91. The average Bonchev–Trinajstić information content (AvgIpc) is 2.53. The molecule has 2 aromatic rings. The van der Waals surface area contributed by atoms with Gasteiger partial charge in [-0.2, -0.15) is 13.2 Å². The predicted molar refractivity (Wildman–Crippen MR) is 84.0 cm³/mol. The Bertz CT molecular complexity index is 884. The predicted octanol–water partition coefficient (Wildman–Crippen LogP) is 2.59. The van der Waals surface area contributed by atoms with Gasteiger partial charge in [-0.25, -0.2) is 9.18 Å².